The molecule has 0 radical (unpaired) electrons. The molecule has 0 aliphatic carbocycles. The summed E-state index contributed by atoms with van der Waals surface area (Å²) in [5.74, 6) is 0.580. The summed E-state index contributed by atoms with van der Waals surface area (Å²) < 4.78 is 7.14. The maximum absolute atomic E-state index is 10.3. The molecule has 1 fully saturated rings. The minimum atomic E-state index is -1.20. The van der Waals surface area contributed by atoms with E-state index in [4.69, 9.17) is 4.74 Å². The number of benzene rings is 2. The van der Waals surface area contributed by atoms with E-state index in [1.165, 1.54) is 29.0 Å². The Hall–Kier alpha value is -3.11. The van der Waals surface area contributed by atoms with E-state index in [1.807, 2.05) is 12.1 Å². The Balaban J connectivity index is 1.33. The molecule has 0 bridgehead atoms. The third kappa shape index (κ3) is 3.61. The Kier molecular flexibility index (Phi) is 5.24. The van der Waals surface area contributed by atoms with Gasteiger partial charge in [-0.25, -0.2) is 15.0 Å². The predicted octanol–water partition coefficient (Wildman–Crippen LogP) is 1.25. The SMILES string of the molecule is OCC1OC(n2cnc3c(NCCc4ccc5ccccc5c4)ncnc32)C(O)C1O. The van der Waals surface area contributed by atoms with Crippen LogP contribution in [-0.2, 0) is 11.2 Å². The first kappa shape index (κ1) is 19.8. The summed E-state index contributed by atoms with van der Waals surface area (Å²) in [6.45, 7) is 0.267. The number of hydrogen-bond acceptors (Lipinski definition) is 8. The number of nitrogens with one attached hydrogen (secondary N) is 1. The molecule has 2 aromatic carbocycles. The van der Waals surface area contributed by atoms with Gasteiger partial charge in [-0.15, -0.1) is 0 Å². The second-order valence-corrected chi connectivity index (χ2v) is 7.63. The molecule has 4 N–H and O–H groups in total. The predicted molar refractivity (Wildman–Crippen MR) is 114 cm³/mol. The maximum atomic E-state index is 10.3. The summed E-state index contributed by atoms with van der Waals surface area (Å²) in [5, 5.41) is 35.4. The molecule has 3 heterocycles. The highest BCUT2D eigenvalue weighted by molar-refractivity contribution is 5.83. The topological polar surface area (TPSA) is 126 Å². The Bertz CT molecular complexity index is 1210. The third-order valence-electron chi connectivity index (χ3n) is 5.67. The van der Waals surface area contributed by atoms with E-state index in [0.29, 0.717) is 23.5 Å². The summed E-state index contributed by atoms with van der Waals surface area (Å²) >= 11 is 0. The number of aliphatic hydroxyl groups is 3. The third-order valence-corrected chi connectivity index (χ3v) is 5.67. The van der Waals surface area contributed by atoms with Gasteiger partial charge in [0, 0.05) is 6.54 Å². The van der Waals surface area contributed by atoms with Gasteiger partial charge in [0.1, 0.15) is 24.6 Å². The molecular formula is C22H23N5O4. The second-order valence-electron chi connectivity index (χ2n) is 7.63. The van der Waals surface area contributed by atoms with Gasteiger partial charge >= 0.3 is 0 Å². The molecule has 5 rings (SSSR count). The number of aromatic nitrogens is 4. The lowest BCUT2D eigenvalue weighted by molar-refractivity contribution is -0.0511. The van der Waals surface area contributed by atoms with Gasteiger partial charge in [-0.1, -0.05) is 42.5 Å². The standard InChI is InChI=1S/C22H23N5O4/c28-10-16-18(29)19(30)22(31-16)27-12-26-17-20(24-11-25-21(17)27)23-8-7-13-5-6-14-3-1-2-4-15(14)9-13/h1-6,9,11-12,16,18-19,22,28-30H,7-8,10H2,(H,23,24,25). The molecular weight excluding hydrogens is 398 g/mol. The van der Waals surface area contributed by atoms with E-state index in [9.17, 15) is 15.3 Å². The van der Waals surface area contributed by atoms with Crippen LogP contribution in [0.4, 0.5) is 5.82 Å². The van der Waals surface area contributed by atoms with Crippen molar-refractivity contribution in [3.63, 3.8) is 0 Å². The van der Waals surface area contributed by atoms with Crippen molar-refractivity contribution in [2.24, 2.45) is 0 Å². The van der Waals surface area contributed by atoms with E-state index >= 15 is 0 Å². The van der Waals surface area contributed by atoms with Gasteiger partial charge in [0.25, 0.3) is 0 Å². The van der Waals surface area contributed by atoms with Gasteiger partial charge in [-0.05, 0) is 22.8 Å². The molecule has 1 aliphatic rings. The average Bonchev–Trinajstić information content (AvgIpc) is 3.35. The maximum Gasteiger partial charge on any atom is 0.167 e. The number of rotatable bonds is 6. The van der Waals surface area contributed by atoms with Crippen molar-refractivity contribution in [1.29, 1.82) is 0 Å². The normalized spacial score (nSPS) is 23.6. The number of anilines is 1. The minimum Gasteiger partial charge on any atom is -0.394 e. The molecule has 9 nitrogen and oxygen atoms in total. The Labute approximate surface area is 178 Å². The van der Waals surface area contributed by atoms with Crippen molar-refractivity contribution in [1.82, 2.24) is 19.5 Å². The highest BCUT2D eigenvalue weighted by atomic mass is 16.6. The first-order valence-corrected chi connectivity index (χ1v) is 10.2. The minimum absolute atomic E-state index is 0.391. The van der Waals surface area contributed by atoms with Gasteiger partial charge in [0.2, 0.25) is 0 Å². The van der Waals surface area contributed by atoms with Crippen molar-refractivity contribution in [3.05, 3.63) is 60.7 Å². The van der Waals surface area contributed by atoms with Gasteiger partial charge < -0.3 is 25.4 Å². The first-order chi connectivity index (χ1) is 15.2. The van der Waals surface area contributed by atoms with E-state index in [0.717, 1.165) is 6.42 Å². The van der Waals surface area contributed by atoms with Crippen LogP contribution in [0.3, 0.4) is 0 Å². The molecule has 2 aromatic heterocycles. The van der Waals surface area contributed by atoms with Crippen molar-refractivity contribution in [3.8, 4) is 0 Å². The van der Waals surface area contributed by atoms with Crippen LogP contribution in [0.5, 0.6) is 0 Å². The van der Waals surface area contributed by atoms with E-state index in [1.54, 1.807) is 4.57 Å². The van der Waals surface area contributed by atoms with E-state index < -0.39 is 31.1 Å². The lowest BCUT2D eigenvalue weighted by Crippen LogP contribution is -2.33. The summed E-state index contributed by atoms with van der Waals surface area (Å²) in [4.78, 5) is 13.0. The van der Waals surface area contributed by atoms with Crippen LogP contribution in [0.15, 0.2) is 55.1 Å². The molecule has 0 spiro atoms. The monoisotopic (exact) mass is 421 g/mol. The van der Waals surface area contributed by atoms with Gasteiger partial charge in [-0.3, -0.25) is 4.57 Å². The molecule has 31 heavy (non-hydrogen) atoms. The number of ether oxygens (including phenoxy) is 1. The summed E-state index contributed by atoms with van der Waals surface area (Å²) in [5.41, 5.74) is 2.23. The van der Waals surface area contributed by atoms with Crippen LogP contribution >= 0.6 is 0 Å². The number of fused-ring (bicyclic) bond motifs is 2. The highest BCUT2D eigenvalue weighted by Crippen LogP contribution is 2.32. The molecule has 9 heteroatoms. The molecule has 160 valence electrons. The van der Waals surface area contributed by atoms with Crippen LogP contribution < -0.4 is 5.32 Å². The van der Waals surface area contributed by atoms with Crippen molar-refractivity contribution in [2.75, 3.05) is 18.5 Å². The van der Waals surface area contributed by atoms with Crippen LogP contribution in [0, 0.1) is 0 Å². The van der Waals surface area contributed by atoms with Crippen molar-refractivity contribution in [2.45, 2.75) is 31.0 Å². The quantitative estimate of drug-likeness (QED) is 0.367. The number of nitrogens with zero attached hydrogens (tertiary/aromatic N) is 4. The first-order valence-electron chi connectivity index (χ1n) is 10.2. The Morgan fingerprint density at radius 3 is 2.65 bits per heavy atom. The van der Waals surface area contributed by atoms with Crippen LogP contribution in [-0.4, -0.2) is 66.3 Å². The lowest BCUT2D eigenvalue weighted by atomic mass is 10.1. The Morgan fingerprint density at radius 2 is 1.84 bits per heavy atom. The van der Waals surface area contributed by atoms with Gasteiger partial charge in [0.15, 0.2) is 23.2 Å². The van der Waals surface area contributed by atoms with Crippen LogP contribution in [0.25, 0.3) is 21.9 Å². The lowest BCUT2D eigenvalue weighted by Gasteiger charge is -2.16. The summed E-state index contributed by atoms with van der Waals surface area (Å²) in [6, 6.07) is 14.7. The second kappa shape index (κ2) is 8.20. The molecule has 4 unspecified atom stereocenters. The summed E-state index contributed by atoms with van der Waals surface area (Å²) in [6.07, 6.45) is -0.417. The molecule has 4 atom stereocenters. The fourth-order valence-corrected chi connectivity index (χ4v) is 4.00. The van der Waals surface area contributed by atoms with Crippen molar-refractivity contribution < 1.29 is 20.1 Å². The zero-order valence-corrected chi connectivity index (χ0v) is 16.7. The largest absolute Gasteiger partial charge is 0.394 e. The fourth-order valence-electron chi connectivity index (χ4n) is 4.00. The van der Waals surface area contributed by atoms with Crippen molar-refractivity contribution >= 4 is 27.8 Å². The molecule has 1 saturated heterocycles. The zero-order valence-electron chi connectivity index (χ0n) is 16.7. The number of hydrogen-bond donors (Lipinski definition) is 4. The number of imidazole rings is 1. The molecule has 0 saturated carbocycles. The van der Waals surface area contributed by atoms with Crippen LogP contribution in [0.2, 0.25) is 0 Å². The van der Waals surface area contributed by atoms with Gasteiger partial charge in [0.05, 0.1) is 12.9 Å². The highest BCUT2D eigenvalue weighted by Gasteiger charge is 2.44. The van der Waals surface area contributed by atoms with Crippen LogP contribution in [0.1, 0.15) is 11.8 Å². The Morgan fingerprint density at radius 1 is 1.00 bits per heavy atom. The molecule has 4 aromatic rings. The molecule has 1 aliphatic heterocycles. The molecule has 0 amide bonds. The van der Waals surface area contributed by atoms with E-state index in [2.05, 4.69) is 50.6 Å². The fraction of sp³-hybridized carbons (Fsp3) is 0.318. The van der Waals surface area contributed by atoms with Gasteiger partial charge in [-0.2, -0.15) is 0 Å². The smallest absolute Gasteiger partial charge is 0.167 e. The van der Waals surface area contributed by atoms with E-state index in [-0.39, 0.29) is 0 Å². The summed E-state index contributed by atoms with van der Waals surface area (Å²) in [7, 11) is 0. The number of aliphatic hydroxyl groups excluding tert-OH is 3. The zero-order chi connectivity index (χ0) is 21.4. The average molecular weight is 421 g/mol.